The number of anilines is 2. The summed E-state index contributed by atoms with van der Waals surface area (Å²) in [6.07, 6.45) is 1.75. The van der Waals surface area contributed by atoms with Gasteiger partial charge in [0.1, 0.15) is 5.82 Å². The fourth-order valence-electron chi connectivity index (χ4n) is 1.97. The molecular formula is C11H13N3OS. The van der Waals surface area contributed by atoms with Gasteiger partial charge in [0.25, 0.3) is 0 Å². The molecule has 0 spiro atoms. The summed E-state index contributed by atoms with van der Waals surface area (Å²) in [5, 5.41) is 3.17. The predicted octanol–water partition coefficient (Wildman–Crippen LogP) is 1.72. The largest absolute Gasteiger partial charge is 0.397 e. The van der Waals surface area contributed by atoms with E-state index in [2.05, 4.69) is 21.3 Å². The molecule has 5 heteroatoms. The summed E-state index contributed by atoms with van der Waals surface area (Å²) in [6.45, 7) is 3.37. The first-order chi connectivity index (χ1) is 7.86. The fraction of sp³-hybridized carbons (Fsp3) is 0.364. The molecule has 1 aliphatic rings. The number of hydrogen-bond donors (Lipinski definition) is 1. The summed E-state index contributed by atoms with van der Waals surface area (Å²) >= 11 is 1.70. The maximum absolute atomic E-state index is 5.90. The first-order valence-corrected chi connectivity index (χ1v) is 6.18. The minimum Gasteiger partial charge on any atom is -0.397 e. The Morgan fingerprint density at radius 3 is 3.00 bits per heavy atom. The summed E-state index contributed by atoms with van der Waals surface area (Å²) in [5.74, 6) is 1.04. The first-order valence-electron chi connectivity index (χ1n) is 5.30. The molecule has 3 rings (SSSR count). The van der Waals surface area contributed by atoms with Gasteiger partial charge in [-0.05, 0) is 11.4 Å². The monoisotopic (exact) mass is 235 g/mol. The van der Waals surface area contributed by atoms with Crippen LogP contribution in [0.4, 0.5) is 11.5 Å². The SMILES string of the molecule is Nc1cnc(N2CCOCC2)c2sccc12. The number of aromatic nitrogens is 1. The molecule has 0 aromatic carbocycles. The van der Waals surface area contributed by atoms with Crippen molar-refractivity contribution in [1.82, 2.24) is 4.98 Å². The van der Waals surface area contributed by atoms with E-state index < -0.39 is 0 Å². The number of morpholine rings is 1. The van der Waals surface area contributed by atoms with Crippen LogP contribution in [0.2, 0.25) is 0 Å². The van der Waals surface area contributed by atoms with E-state index in [0.29, 0.717) is 0 Å². The van der Waals surface area contributed by atoms with Gasteiger partial charge in [-0.15, -0.1) is 11.3 Å². The average Bonchev–Trinajstić information content (AvgIpc) is 2.81. The van der Waals surface area contributed by atoms with Crippen molar-refractivity contribution in [1.29, 1.82) is 0 Å². The smallest absolute Gasteiger partial charge is 0.146 e. The summed E-state index contributed by atoms with van der Waals surface area (Å²) < 4.78 is 6.53. The highest BCUT2D eigenvalue weighted by atomic mass is 32.1. The van der Waals surface area contributed by atoms with E-state index >= 15 is 0 Å². The zero-order valence-corrected chi connectivity index (χ0v) is 9.67. The van der Waals surface area contributed by atoms with E-state index in [4.69, 9.17) is 10.5 Å². The van der Waals surface area contributed by atoms with Crippen LogP contribution in [-0.4, -0.2) is 31.3 Å². The van der Waals surface area contributed by atoms with Gasteiger partial charge in [0.05, 0.1) is 29.8 Å². The molecule has 2 aromatic heterocycles. The number of nitrogens with two attached hydrogens (primary N) is 1. The van der Waals surface area contributed by atoms with Crippen LogP contribution in [0.5, 0.6) is 0 Å². The third kappa shape index (κ3) is 1.52. The summed E-state index contributed by atoms with van der Waals surface area (Å²) in [4.78, 5) is 6.72. The predicted molar refractivity (Wildman–Crippen MR) is 67.1 cm³/mol. The van der Waals surface area contributed by atoms with E-state index in [9.17, 15) is 0 Å². The molecule has 1 saturated heterocycles. The van der Waals surface area contributed by atoms with Gasteiger partial charge in [0, 0.05) is 18.5 Å². The molecular weight excluding hydrogens is 222 g/mol. The van der Waals surface area contributed by atoms with Crippen molar-refractivity contribution in [2.45, 2.75) is 0 Å². The number of nitrogen functional groups attached to an aromatic ring is 1. The Morgan fingerprint density at radius 2 is 2.19 bits per heavy atom. The molecule has 0 unspecified atom stereocenters. The van der Waals surface area contributed by atoms with Crippen LogP contribution in [-0.2, 0) is 4.74 Å². The topological polar surface area (TPSA) is 51.4 Å². The van der Waals surface area contributed by atoms with Gasteiger partial charge in [0.2, 0.25) is 0 Å². The van der Waals surface area contributed by atoms with E-state index in [1.165, 1.54) is 4.70 Å². The van der Waals surface area contributed by atoms with Crippen molar-refractivity contribution in [3.8, 4) is 0 Å². The molecule has 16 heavy (non-hydrogen) atoms. The van der Waals surface area contributed by atoms with Crippen LogP contribution < -0.4 is 10.6 Å². The maximum Gasteiger partial charge on any atom is 0.146 e. The summed E-state index contributed by atoms with van der Waals surface area (Å²) in [5.41, 5.74) is 6.66. The fourth-order valence-corrected chi connectivity index (χ4v) is 2.91. The average molecular weight is 235 g/mol. The number of pyridine rings is 1. The lowest BCUT2D eigenvalue weighted by atomic mass is 10.2. The van der Waals surface area contributed by atoms with Crippen molar-refractivity contribution in [2.75, 3.05) is 36.9 Å². The minimum atomic E-state index is 0.758. The van der Waals surface area contributed by atoms with Crippen LogP contribution in [0.15, 0.2) is 17.6 Å². The number of thiophene rings is 1. The van der Waals surface area contributed by atoms with Crippen LogP contribution in [0.1, 0.15) is 0 Å². The van der Waals surface area contributed by atoms with E-state index in [-0.39, 0.29) is 0 Å². The Morgan fingerprint density at radius 1 is 1.38 bits per heavy atom. The number of fused-ring (bicyclic) bond motifs is 1. The van der Waals surface area contributed by atoms with Gasteiger partial charge >= 0.3 is 0 Å². The highest BCUT2D eigenvalue weighted by molar-refractivity contribution is 7.17. The van der Waals surface area contributed by atoms with E-state index in [1.807, 2.05) is 0 Å². The molecule has 0 aliphatic carbocycles. The van der Waals surface area contributed by atoms with Crippen molar-refractivity contribution in [3.05, 3.63) is 17.6 Å². The van der Waals surface area contributed by atoms with Gasteiger partial charge in [-0.1, -0.05) is 0 Å². The van der Waals surface area contributed by atoms with Crippen LogP contribution in [0.25, 0.3) is 10.1 Å². The highest BCUT2D eigenvalue weighted by Crippen LogP contribution is 2.33. The second kappa shape index (κ2) is 3.92. The van der Waals surface area contributed by atoms with Crippen LogP contribution in [0, 0.1) is 0 Å². The van der Waals surface area contributed by atoms with Crippen LogP contribution >= 0.6 is 11.3 Å². The number of hydrogen-bond acceptors (Lipinski definition) is 5. The Hall–Kier alpha value is -1.33. The van der Waals surface area contributed by atoms with Gasteiger partial charge in [-0.2, -0.15) is 0 Å². The Labute approximate surface area is 97.6 Å². The lowest BCUT2D eigenvalue weighted by Crippen LogP contribution is -2.36. The highest BCUT2D eigenvalue weighted by Gasteiger charge is 2.16. The summed E-state index contributed by atoms with van der Waals surface area (Å²) in [6, 6.07) is 2.06. The van der Waals surface area contributed by atoms with Crippen molar-refractivity contribution in [3.63, 3.8) is 0 Å². The zero-order valence-electron chi connectivity index (χ0n) is 8.85. The van der Waals surface area contributed by atoms with Crippen molar-refractivity contribution < 1.29 is 4.74 Å². The van der Waals surface area contributed by atoms with Gasteiger partial charge in [-0.3, -0.25) is 0 Å². The molecule has 3 heterocycles. The van der Waals surface area contributed by atoms with Gasteiger partial charge in [-0.25, -0.2) is 4.98 Å². The molecule has 84 valence electrons. The second-order valence-corrected chi connectivity index (χ2v) is 4.72. The molecule has 2 N–H and O–H groups in total. The Balaban J connectivity index is 2.08. The molecule has 0 radical (unpaired) electrons. The zero-order chi connectivity index (χ0) is 11.0. The molecule has 1 fully saturated rings. The molecule has 0 atom stereocenters. The quantitative estimate of drug-likeness (QED) is 0.817. The van der Waals surface area contributed by atoms with Gasteiger partial charge in [0.15, 0.2) is 0 Å². The van der Waals surface area contributed by atoms with Gasteiger partial charge < -0.3 is 15.4 Å². The maximum atomic E-state index is 5.90. The molecule has 4 nitrogen and oxygen atoms in total. The molecule has 0 bridgehead atoms. The van der Waals surface area contributed by atoms with E-state index in [1.54, 1.807) is 17.5 Å². The number of ether oxygens (including phenoxy) is 1. The first kappa shape index (κ1) is 9.86. The lowest BCUT2D eigenvalue weighted by Gasteiger charge is -2.28. The lowest BCUT2D eigenvalue weighted by molar-refractivity contribution is 0.122. The Kier molecular flexibility index (Phi) is 2.41. The van der Waals surface area contributed by atoms with Crippen molar-refractivity contribution in [2.24, 2.45) is 0 Å². The number of nitrogens with zero attached hydrogens (tertiary/aromatic N) is 2. The summed E-state index contributed by atoms with van der Waals surface area (Å²) in [7, 11) is 0. The third-order valence-electron chi connectivity index (χ3n) is 2.82. The molecule has 1 aliphatic heterocycles. The molecule has 0 saturated carbocycles. The third-order valence-corrected chi connectivity index (χ3v) is 3.73. The number of rotatable bonds is 1. The van der Waals surface area contributed by atoms with E-state index in [0.717, 1.165) is 43.2 Å². The van der Waals surface area contributed by atoms with Crippen molar-refractivity contribution >= 4 is 32.9 Å². The second-order valence-electron chi connectivity index (χ2n) is 3.80. The standard InChI is InChI=1S/C11H13N3OS/c12-9-7-13-11(10-8(9)1-6-16-10)14-2-4-15-5-3-14/h1,6-7H,2-5,12H2. The molecule has 0 amide bonds. The minimum absolute atomic E-state index is 0.758. The Bertz CT molecular complexity index is 505. The normalized spacial score (nSPS) is 16.9. The van der Waals surface area contributed by atoms with Crippen LogP contribution in [0.3, 0.4) is 0 Å². The molecule has 2 aromatic rings.